The van der Waals surface area contributed by atoms with Crippen molar-refractivity contribution < 1.29 is 4.79 Å². The van der Waals surface area contributed by atoms with Gasteiger partial charge in [-0.15, -0.1) is 0 Å². The quantitative estimate of drug-likeness (QED) is 0.813. The molecule has 3 heteroatoms. The summed E-state index contributed by atoms with van der Waals surface area (Å²) >= 11 is 3.43. The summed E-state index contributed by atoms with van der Waals surface area (Å²) in [6.45, 7) is 5.06. The van der Waals surface area contributed by atoms with Crippen molar-refractivity contribution in [2.24, 2.45) is 0 Å². The maximum atomic E-state index is 12.5. The summed E-state index contributed by atoms with van der Waals surface area (Å²) < 4.78 is 0.971. The van der Waals surface area contributed by atoms with Crippen LogP contribution >= 0.6 is 15.9 Å². The van der Waals surface area contributed by atoms with Crippen LogP contribution in [0.4, 0.5) is 0 Å². The first-order chi connectivity index (χ1) is 8.13. The number of hydrogen-bond donors (Lipinski definition) is 0. The van der Waals surface area contributed by atoms with Gasteiger partial charge in [0.1, 0.15) is 0 Å². The highest BCUT2D eigenvalue weighted by molar-refractivity contribution is 9.10. The molecule has 1 aliphatic rings. The van der Waals surface area contributed by atoms with E-state index in [1.165, 1.54) is 0 Å². The number of benzene rings is 1. The predicted octanol–water partition coefficient (Wildman–Crippen LogP) is 3.77. The number of amides is 1. The first kappa shape index (κ1) is 12.6. The van der Waals surface area contributed by atoms with E-state index in [4.69, 9.17) is 0 Å². The Balaban J connectivity index is 2.27. The van der Waals surface area contributed by atoms with E-state index in [-0.39, 0.29) is 5.91 Å². The van der Waals surface area contributed by atoms with Crippen LogP contribution in [0, 0.1) is 6.92 Å². The molecule has 92 valence electrons. The molecule has 0 radical (unpaired) electrons. The van der Waals surface area contributed by atoms with Crippen molar-refractivity contribution in [1.29, 1.82) is 0 Å². The van der Waals surface area contributed by atoms with Crippen LogP contribution in [0.2, 0.25) is 0 Å². The lowest BCUT2D eigenvalue weighted by molar-refractivity contribution is 0.0733. The highest BCUT2D eigenvalue weighted by Gasteiger charge is 2.28. The molecule has 2 rings (SSSR count). The van der Waals surface area contributed by atoms with E-state index in [9.17, 15) is 4.79 Å². The van der Waals surface area contributed by atoms with E-state index in [0.717, 1.165) is 41.4 Å². The molecular formula is C14H18BrNO. The number of halogens is 1. The van der Waals surface area contributed by atoms with Gasteiger partial charge >= 0.3 is 0 Å². The van der Waals surface area contributed by atoms with Crippen molar-refractivity contribution in [2.75, 3.05) is 6.54 Å². The second-order valence-electron chi connectivity index (χ2n) is 4.66. The summed E-state index contributed by atoms with van der Waals surface area (Å²) in [5, 5.41) is 0. The van der Waals surface area contributed by atoms with Crippen LogP contribution in [0.15, 0.2) is 22.7 Å². The summed E-state index contributed by atoms with van der Waals surface area (Å²) in [6, 6.07) is 6.34. The zero-order valence-corrected chi connectivity index (χ0v) is 12.0. The van der Waals surface area contributed by atoms with Crippen LogP contribution in [0.5, 0.6) is 0 Å². The van der Waals surface area contributed by atoms with Gasteiger partial charge in [-0.3, -0.25) is 4.79 Å². The Kier molecular flexibility index (Phi) is 3.87. The third-order valence-corrected chi connectivity index (χ3v) is 4.03. The average molecular weight is 296 g/mol. The Labute approximate surface area is 111 Å². The zero-order valence-electron chi connectivity index (χ0n) is 10.4. The lowest BCUT2D eigenvalue weighted by Crippen LogP contribution is -2.35. The third kappa shape index (κ3) is 2.54. The summed E-state index contributed by atoms with van der Waals surface area (Å²) in [7, 11) is 0. The molecule has 1 aromatic rings. The van der Waals surface area contributed by atoms with Crippen molar-refractivity contribution in [1.82, 2.24) is 4.90 Å². The second kappa shape index (κ2) is 5.21. The smallest absolute Gasteiger partial charge is 0.254 e. The Bertz CT molecular complexity index is 430. The Hall–Kier alpha value is -0.830. The van der Waals surface area contributed by atoms with E-state index in [1.807, 2.05) is 30.0 Å². The van der Waals surface area contributed by atoms with E-state index < -0.39 is 0 Å². The fraction of sp³-hybridized carbons (Fsp3) is 0.500. The van der Waals surface area contributed by atoms with Crippen molar-refractivity contribution in [2.45, 2.75) is 39.2 Å². The van der Waals surface area contributed by atoms with Gasteiger partial charge in [0.25, 0.3) is 5.91 Å². The Morgan fingerprint density at radius 2 is 2.29 bits per heavy atom. The van der Waals surface area contributed by atoms with Crippen LogP contribution in [0.25, 0.3) is 0 Å². The molecule has 2 nitrogen and oxygen atoms in total. The number of carbonyl (C=O) groups is 1. The van der Waals surface area contributed by atoms with Gasteiger partial charge in [-0.2, -0.15) is 0 Å². The maximum absolute atomic E-state index is 12.5. The number of aryl methyl sites for hydroxylation is 1. The SMILES string of the molecule is CCC1CCCN1C(=O)c1cc(Br)ccc1C. The fourth-order valence-corrected chi connectivity index (χ4v) is 2.87. The molecule has 1 aliphatic heterocycles. The third-order valence-electron chi connectivity index (χ3n) is 3.54. The molecule has 1 heterocycles. The molecule has 1 aromatic carbocycles. The van der Waals surface area contributed by atoms with Crippen molar-refractivity contribution in [3.8, 4) is 0 Å². The van der Waals surface area contributed by atoms with Gasteiger partial charge in [-0.05, 0) is 43.9 Å². The van der Waals surface area contributed by atoms with E-state index in [0.29, 0.717) is 6.04 Å². The zero-order chi connectivity index (χ0) is 12.4. The van der Waals surface area contributed by atoms with Crippen molar-refractivity contribution in [3.63, 3.8) is 0 Å². The van der Waals surface area contributed by atoms with Gasteiger partial charge in [-0.1, -0.05) is 28.9 Å². The van der Waals surface area contributed by atoms with Crippen molar-refractivity contribution >= 4 is 21.8 Å². The molecule has 0 aliphatic carbocycles. The molecule has 1 amide bonds. The fourth-order valence-electron chi connectivity index (χ4n) is 2.51. The largest absolute Gasteiger partial charge is 0.336 e. The normalized spacial score (nSPS) is 19.7. The summed E-state index contributed by atoms with van der Waals surface area (Å²) in [4.78, 5) is 14.5. The first-order valence-electron chi connectivity index (χ1n) is 6.20. The van der Waals surface area contributed by atoms with Crippen LogP contribution in [-0.2, 0) is 0 Å². The molecular weight excluding hydrogens is 278 g/mol. The molecule has 0 N–H and O–H groups in total. The highest BCUT2D eigenvalue weighted by atomic mass is 79.9. The first-order valence-corrected chi connectivity index (χ1v) is 7.00. The minimum absolute atomic E-state index is 0.188. The molecule has 1 unspecified atom stereocenters. The van der Waals surface area contributed by atoms with Gasteiger partial charge in [0.15, 0.2) is 0 Å². The van der Waals surface area contributed by atoms with Gasteiger partial charge < -0.3 is 4.90 Å². The number of nitrogens with zero attached hydrogens (tertiary/aromatic N) is 1. The lowest BCUT2D eigenvalue weighted by atomic mass is 10.1. The topological polar surface area (TPSA) is 20.3 Å². The average Bonchev–Trinajstić information content (AvgIpc) is 2.79. The van der Waals surface area contributed by atoms with Crippen LogP contribution in [0.3, 0.4) is 0 Å². The van der Waals surface area contributed by atoms with E-state index in [2.05, 4.69) is 22.9 Å². The molecule has 1 atom stereocenters. The number of rotatable bonds is 2. The van der Waals surface area contributed by atoms with Gasteiger partial charge in [-0.25, -0.2) is 0 Å². The second-order valence-corrected chi connectivity index (χ2v) is 5.58. The monoisotopic (exact) mass is 295 g/mol. The highest BCUT2D eigenvalue weighted by Crippen LogP contribution is 2.24. The van der Waals surface area contributed by atoms with Crippen LogP contribution in [0.1, 0.15) is 42.1 Å². The number of likely N-dealkylation sites (tertiary alicyclic amines) is 1. The maximum Gasteiger partial charge on any atom is 0.254 e. The van der Waals surface area contributed by atoms with Gasteiger partial charge in [0, 0.05) is 22.6 Å². The minimum atomic E-state index is 0.188. The summed E-state index contributed by atoms with van der Waals surface area (Å²) in [5.74, 6) is 0.188. The number of carbonyl (C=O) groups excluding carboxylic acids is 1. The summed E-state index contributed by atoms with van der Waals surface area (Å²) in [5.41, 5.74) is 1.89. The molecule has 0 bridgehead atoms. The molecule has 1 fully saturated rings. The molecule has 0 saturated carbocycles. The Morgan fingerprint density at radius 1 is 1.53 bits per heavy atom. The number of hydrogen-bond acceptors (Lipinski definition) is 1. The summed E-state index contributed by atoms with van der Waals surface area (Å²) in [6.07, 6.45) is 3.34. The molecule has 17 heavy (non-hydrogen) atoms. The van der Waals surface area contributed by atoms with Gasteiger partial charge in [0.05, 0.1) is 0 Å². The molecule has 1 saturated heterocycles. The van der Waals surface area contributed by atoms with Crippen molar-refractivity contribution in [3.05, 3.63) is 33.8 Å². The molecule has 0 aromatic heterocycles. The standard InChI is InChI=1S/C14H18BrNO/c1-3-12-5-4-8-16(12)14(17)13-9-11(15)7-6-10(13)2/h6-7,9,12H,3-5,8H2,1-2H3. The predicted molar refractivity (Wildman–Crippen MR) is 73.2 cm³/mol. The minimum Gasteiger partial charge on any atom is -0.336 e. The molecule has 0 spiro atoms. The Morgan fingerprint density at radius 3 is 3.00 bits per heavy atom. The van der Waals surface area contributed by atoms with Gasteiger partial charge in [0.2, 0.25) is 0 Å². The van der Waals surface area contributed by atoms with E-state index >= 15 is 0 Å². The lowest BCUT2D eigenvalue weighted by Gasteiger charge is -2.24. The van der Waals surface area contributed by atoms with E-state index in [1.54, 1.807) is 0 Å². The van der Waals surface area contributed by atoms with Crippen LogP contribution in [-0.4, -0.2) is 23.4 Å². The van der Waals surface area contributed by atoms with Crippen LogP contribution < -0.4 is 0 Å².